The van der Waals surface area contributed by atoms with Gasteiger partial charge >= 0.3 is 5.97 Å². The van der Waals surface area contributed by atoms with Crippen LogP contribution in [0.2, 0.25) is 0 Å². The van der Waals surface area contributed by atoms with Gasteiger partial charge in [0, 0.05) is 30.3 Å². The molecule has 1 amide bonds. The molecule has 1 aliphatic rings. The van der Waals surface area contributed by atoms with E-state index >= 15 is 0 Å². The van der Waals surface area contributed by atoms with E-state index in [4.69, 9.17) is 22.1 Å². The smallest absolute Gasteiger partial charge is 0.303 e. The number of ether oxygens (including phenoxy) is 1. The number of hydrogen-bond donors (Lipinski definition) is 1. The maximum absolute atomic E-state index is 14.6. The third-order valence-electron chi connectivity index (χ3n) is 5.20. The number of hydrogen-bond acceptors (Lipinski definition) is 6. The van der Waals surface area contributed by atoms with E-state index in [0.717, 1.165) is 17.4 Å². The van der Waals surface area contributed by atoms with E-state index < -0.39 is 11.8 Å². The Bertz CT molecular complexity index is 1310. The number of benzene rings is 2. The summed E-state index contributed by atoms with van der Waals surface area (Å²) in [6, 6.07) is 14.1. The summed E-state index contributed by atoms with van der Waals surface area (Å²) in [5, 5.41) is 13.5. The SMILES string of the molecule is CCOc1ccc(-c2nn(-c3ccccc3)cc2/C=C2\SC(=S)N(CCCC(=O)O)C2=O)cc1F. The Kier molecular flexibility index (Phi) is 7.62. The van der Waals surface area contributed by atoms with Crippen molar-refractivity contribution >= 4 is 46.3 Å². The summed E-state index contributed by atoms with van der Waals surface area (Å²) in [5.74, 6) is -1.56. The molecule has 1 aromatic heterocycles. The van der Waals surface area contributed by atoms with Gasteiger partial charge < -0.3 is 9.84 Å². The molecular formula is C25H22FN3O4S2. The summed E-state index contributed by atoms with van der Waals surface area (Å²) in [4.78, 5) is 25.6. The van der Waals surface area contributed by atoms with Gasteiger partial charge in [-0.2, -0.15) is 5.10 Å². The van der Waals surface area contributed by atoms with Gasteiger partial charge in [-0.25, -0.2) is 9.07 Å². The Morgan fingerprint density at radius 2 is 2.03 bits per heavy atom. The summed E-state index contributed by atoms with van der Waals surface area (Å²) in [7, 11) is 0. The van der Waals surface area contributed by atoms with Gasteiger partial charge in [-0.05, 0) is 49.8 Å². The van der Waals surface area contributed by atoms with Crippen LogP contribution in [0.5, 0.6) is 5.75 Å². The first-order valence-electron chi connectivity index (χ1n) is 10.9. The minimum atomic E-state index is -0.925. The molecule has 0 bridgehead atoms. The molecule has 1 N–H and O–H groups in total. The second-order valence-corrected chi connectivity index (χ2v) is 9.30. The largest absolute Gasteiger partial charge is 0.491 e. The van der Waals surface area contributed by atoms with Gasteiger partial charge in [0.1, 0.15) is 10.0 Å². The quantitative estimate of drug-likeness (QED) is 0.314. The Morgan fingerprint density at radius 3 is 2.71 bits per heavy atom. The highest BCUT2D eigenvalue weighted by molar-refractivity contribution is 8.26. The normalized spacial score (nSPS) is 14.7. The molecule has 180 valence electrons. The van der Waals surface area contributed by atoms with Crippen LogP contribution >= 0.6 is 24.0 Å². The fourth-order valence-electron chi connectivity index (χ4n) is 3.57. The minimum Gasteiger partial charge on any atom is -0.491 e. The Hall–Kier alpha value is -3.50. The lowest BCUT2D eigenvalue weighted by Crippen LogP contribution is -2.29. The lowest BCUT2D eigenvalue weighted by atomic mass is 10.1. The van der Waals surface area contributed by atoms with Crippen molar-refractivity contribution in [3.63, 3.8) is 0 Å². The summed E-state index contributed by atoms with van der Waals surface area (Å²) in [5.41, 5.74) is 2.44. The fourth-order valence-corrected chi connectivity index (χ4v) is 4.87. The molecule has 35 heavy (non-hydrogen) atoms. The molecule has 10 heteroatoms. The van der Waals surface area contributed by atoms with Crippen molar-refractivity contribution in [2.24, 2.45) is 0 Å². The molecule has 0 unspecified atom stereocenters. The van der Waals surface area contributed by atoms with Crippen LogP contribution in [0.25, 0.3) is 23.0 Å². The van der Waals surface area contributed by atoms with Gasteiger partial charge in [0.25, 0.3) is 5.91 Å². The number of thioether (sulfide) groups is 1. The molecule has 0 saturated carbocycles. The summed E-state index contributed by atoms with van der Waals surface area (Å²) < 4.78 is 22.0. The van der Waals surface area contributed by atoms with Gasteiger partial charge in [-0.1, -0.05) is 42.2 Å². The average Bonchev–Trinajstić information content (AvgIpc) is 3.37. The van der Waals surface area contributed by atoms with E-state index in [1.807, 2.05) is 30.3 Å². The average molecular weight is 512 g/mol. The third-order valence-corrected chi connectivity index (χ3v) is 6.58. The summed E-state index contributed by atoms with van der Waals surface area (Å²) in [6.45, 7) is 2.36. The molecule has 1 aliphatic heterocycles. The molecule has 2 heterocycles. The number of carboxylic acid groups (broad SMARTS) is 1. The Morgan fingerprint density at radius 1 is 1.26 bits per heavy atom. The predicted molar refractivity (Wildman–Crippen MR) is 137 cm³/mol. The molecule has 0 spiro atoms. The van der Waals surface area contributed by atoms with Crippen molar-refractivity contribution in [2.45, 2.75) is 19.8 Å². The Labute approximate surface area is 211 Å². The fraction of sp³-hybridized carbons (Fsp3) is 0.200. The van der Waals surface area contributed by atoms with Crippen LogP contribution in [-0.4, -0.2) is 49.1 Å². The molecule has 0 radical (unpaired) electrons. The second kappa shape index (κ2) is 10.8. The number of thiocarbonyl (C=S) groups is 1. The number of carbonyl (C=O) groups is 2. The number of aliphatic carboxylic acids is 1. The number of amides is 1. The lowest BCUT2D eigenvalue weighted by Gasteiger charge is -2.13. The molecule has 0 aliphatic carbocycles. The van der Waals surface area contributed by atoms with Crippen LogP contribution in [0, 0.1) is 5.82 Å². The van der Waals surface area contributed by atoms with Crippen LogP contribution in [0.3, 0.4) is 0 Å². The van der Waals surface area contributed by atoms with E-state index in [1.165, 1.54) is 11.0 Å². The van der Waals surface area contributed by atoms with Gasteiger partial charge in [0.15, 0.2) is 11.6 Å². The Balaban J connectivity index is 1.71. The van der Waals surface area contributed by atoms with Gasteiger partial charge in [0.2, 0.25) is 0 Å². The number of para-hydroxylation sites is 1. The van der Waals surface area contributed by atoms with Crippen molar-refractivity contribution in [3.8, 4) is 22.7 Å². The molecule has 7 nitrogen and oxygen atoms in total. The molecule has 3 aromatic rings. The van der Waals surface area contributed by atoms with Crippen LogP contribution in [-0.2, 0) is 9.59 Å². The molecule has 1 saturated heterocycles. The summed E-state index contributed by atoms with van der Waals surface area (Å²) in [6.07, 6.45) is 3.72. The van der Waals surface area contributed by atoms with Crippen LogP contribution < -0.4 is 4.74 Å². The summed E-state index contributed by atoms with van der Waals surface area (Å²) >= 11 is 6.50. The minimum absolute atomic E-state index is 0.0482. The monoisotopic (exact) mass is 511 g/mol. The van der Waals surface area contributed by atoms with Crippen LogP contribution in [0.4, 0.5) is 4.39 Å². The first-order valence-corrected chi connectivity index (χ1v) is 12.1. The number of halogens is 1. The standard InChI is InChI=1S/C25H22FN3O4S2/c1-2-33-20-11-10-16(13-19(20)26)23-17(15-29(27-23)18-7-4-3-5-8-18)14-21-24(32)28(25(34)35-21)12-6-9-22(30)31/h3-5,7-8,10-11,13-15H,2,6,9,12H2,1H3,(H,30,31)/b21-14-. The van der Waals surface area contributed by atoms with Crippen LogP contribution in [0.1, 0.15) is 25.3 Å². The second-order valence-electron chi connectivity index (χ2n) is 7.62. The highest BCUT2D eigenvalue weighted by Gasteiger charge is 2.32. The first-order chi connectivity index (χ1) is 16.9. The zero-order valence-corrected chi connectivity index (χ0v) is 20.4. The van der Waals surface area contributed by atoms with Crippen molar-refractivity contribution < 1.29 is 23.8 Å². The zero-order valence-electron chi connectivity index (χ0n) is 18.8. The number of carbonyl (C=O) groups excluding carboxylic acids is 1. The predicted octanol–water partition coefficient (Wildman–Crippen LogP) is 5.14. The zero-order chi connectivity index (χ0) is 24.9. The van der Waals surface area contributed by atoms with E-state index in [9.17, 15) is 14.0 Å². The van der Waals surface area contributed by atoms with Crippen LogP contribution in [0.15, 0.2) is 59.6 Å². The molecule has 0 atom stereocenters. The van der Waals surface area contributed by atoms with E-state index in [1.54, 1.807) is 36.0 Å². The molecule has 4 rings (SSSR count). The van der Waals surface area contributed by atoms with Gasteiger partial charge in [-0.3, -0.25) is 14.5 Å². The first kappa shape index (κ1) is 24.6. The number of rotatable bonds is 9. The van der Waals surface area contributed by atoms with Crippen molar-refractivity contribution in [2.75, 3.05) is 13.2 Å². The van der Waals surface area contributed by atoms with Crippen molar-refractivity contribution in [3.05, 3.63) is 71.0 Å². The van der Waals surface area contributed by atoms with E-state index in [-0.39, 0.29) is 24.6 Å². The van der Waals surface area contributed by atoms with Gasteiger partial charge in [0.05, 0.1) is 17.2 Å². The highest BCUT2D eigenvalue weighted by atomic mass is 32.2. The topological polar surface area (TPSA) is 84.7 Å². The molecule has 2 aromatic carbocycles. The third kappa shape index (κ3) is 5.60. The van der Waals surface area contributed by atoms with Crippen molar-refractivity contribution in [1.29, 1.82) is 0 Å². The van der Waals surface area contributed by atoms with E-state index in [0.29, 0.717) is 39.1 Å². The molecule has 1 fully saturated rings. The maximum Gasteiger partial charge on any atom is 0.303 e. The number of nitrogens with zero attached hydrogens (tertiary/aromatic N) is 3. The lowest BCUT2D eigenvalue weighted by molar-refractivity contribution is -0.137. The van der Waals surface area contributed by atoms with Gasteiger partial charge in [-0.15, -0.1) is 0 Å². The van der Waals surface area contributed by atoms with E-state index in [2.05, 4.69) is 5.10 Å². The molecular weight excluding hydrogens is 489 g/mol. The number of carboxylic acids is 1. The maximum atomic E-state index is 14.6. The van der Waals surface area contributed by atoms with Crippen molar-refractivity contribution in [1.82, 2.24) is 14.7 Å². The number of aromatic nitrogens is 2. The highest BCUT2D eigenvalue weighted by Crippen LogP contribution is 2.35.